The number of fused-ring (bicyclic) bond motifs is 1. The molecule has 1 aliphatic heterocycles. The number of carbonyl (C=O) groups excluding carboxylic acids is 2. The van der Waals surface area contributed by atoms with Crippen molar-refractivity contribution >= 4 is 46.7 Å². The van der Waals surface area contributed by atoms with Crippen LogP contribution in [0.4, 0.5) is 11.6 Å². The van der Waals surface area contributed by atoms with Gasteiger partial charge in [0.15, 0.2) is 5.82 Å². The Hall–Kier alpha value is -2.90. The first kappa shape index (κ1) is 17.5. The molecule has 0 aliphatic carbocycles. The smallest absolute Gasteiger partial charge is 0.252 e. The molecule has 0 fully saturated rings. The molecule has 2 N–H and O–H groups in total. The number of halogens is 2. The van der Waals surface area contributed by atoms with Crippen LogP contribution in [-0.2, 0) is 9.59 Å². The van der Waals surface area contributed by atoms with Crippen LogP contribution >= 0.6 is 23.2 Å². The molecule has 0 unspecified atom stereocenters. The molecule has 0 radical (unpaired) electrons. The molecule has 0 bridgehead atoms. The van der Waals surface area contributed by atoms with Gasteiger partial charge in [0.25, 0.3) is 5.91 Å². The van der Waals surface area contributed by atoms with Gasteiger partial charge in [-0.15, -0.1) is 5.10 Å². The van der Waals surface area contributed by atoms with Gasteiger partial charge in [0, 0.05) is 21.3 Å². The summed E-state index contributed by atoms with van der Waals surface area (Å²) >= 11 is 11.7. The predicted octanol–water partition coefficient (Wildman–Crippen LogP) is 3.77. The van der Waals surface area contributed by atoms with Gasteiger partial charge < -0.3 is 5.32 Å². The molecule has 0 saturated heterocycles. The SMILES string of the molecule is O=C(C[C@H]1C(=O)Nc2nc(-c3ccc(Cl)cc3)nn21)Nc1ccc(Cl)cc1. The summed E-state index contributed by atoms with van der Waals surface area (Å²) in [5.74, 6) is 0.131. The monoisotopic (exact) mass is 401 g/mol. The van der Waals surface area contributed by atoms with Gasteiger partial charge in [-0.3, -0.25) is 14.9 Å². The second-order valence-corrected chi connectivity index (χ2v) is 6.85. The minimum absolute atomic E-state index is 0.0646. The summed E-state index contributed by atoms with van der Waals surface area (Å²) in [6, 6.07) is 13.0. The average Bonchev–Trinajstić information content (AvgIpc) is 3.17. The van der Waals surface area contributed by atoms with Crippen molar-refractivity contribution in [1.29, 1.82) is 0 Å². The van der Waals surface area contributed by atoms with Gasteiger partial charge in [0.1, 0.15) is 6.04 Å². The van der Waals surface area contributed by atoms with E-state index in [1.54, 1.807) is 48.5 Å². The maximum Gasteiger partial charge on any atom is 0.252 e. The zero-order valence-electron chi connectivity index (χ0n) is 13.8. The fourth-order valence-corrected chi connectivity index (χ4v) is 3.00. The molecule has 4 rings (SSSR count). The van der Waals surface area contributed by atoms with Gasteiger partial charge in [-0.2, -0.15) is 4.98 Å². The average molecular weight is 402 g/mol. The minimum Gasteiger partial charge on any atom is -0.326 e. The second-order valence-electron chi connectivity index (χ2n) is 5.97. The number of rotatable bonds is 4. The van der Waals surface area contributed by atoms with Crippen LogP contribution in [0, 0.1) is 0 Å². The van der Waals surface area contributed by atoms with Crippen molar-refractivity contribution < 1.29 is 9.59 Å². The van der Waals surface area contributed by atoms with Gasteiger partial charge in [0.05, 0.1) is 6.42 Å². The van der Waals surface area contributed by atoms with Gasteiger partial charge >= 0.3 is 0 Å². The quantitative estimate of drug-likeness (QED) is 0.695. The molecular weight excluding hydrogens is 389 g/mol. The lowest BCUT2D eigenvalue weighted by atomic mass is 10.2. The van der Waals surface area contributed by atoms with Gasteiger partial charge in [-0.1, -0.05) is 23.2 Å². The first-order valence-corrected chi connectivity index (χ1v) is 8.84. The number of amides is 2. The molecule has 27 heavy (non-hydrogen) atoms. The zero-order chi connectivity index (χ0) is 19.0. The van der Waals surface area contributed by atoms with E-state index in [4.69, 9.17) is 23.2 Å². The van der Waals surface area contributed by atoms with Crippen molar-refractivity contribution in [2.24, 2.45) is 0 Å². The topological polar surface area (TPSA) is 88.9 Å². The summed E-state index contributed by atoms with van der Waals surface area (Å²) in [7, 11) is 0. The highest BCUT2D eigenvalue weighted by Gasteiger charge is 2.35. The molecule has 1 aromatic heterocycles. The Morgan fingerprint density at radius 3 is 2.37 bits per heavy atom. The molecule has 7 nitrogen and oxygen atoms in total. The molecule has 1 aliphatic rings. The summed E-state index contributed by atoms with van der Waals surface area (Å²) < 4.78 is 1.44. The Labute approximate surface area is 164 Å². The number of anilines is 2. The summed E-state index contributed by atoms with van der Waals surface area (Å²) in [5.41, 5.74) is 1.36. The van der Waals surface area contributed by atoms with Crippen LogP contribution in [0.1, 0.15) is 12.5 Å². The van der Waals surface area contributed by atoms with E-state index in [0.717, 1.165) is 5.56 Å². The largest absolute Gasteiger partial charge is 0.326 e. The molecule has 2 heterocycles. The molecule has 2 amide bonds. The summed E-state index contributed by atoms with van der Waals surface area (Å²) in [6.07, 6.45) is -0.0646. The molecule has 2 aromatic carbocycles. The van der Waals surface area contributed by atoms with Crippen LogP contribution in [-0.4, -0.2) is 26.6 Å². The van der Waals surface area contributed by atoms with E-state index in [-0.39, 0.29) is 18.2 Å². The van der Waals surface area contributed by atoms with Crippen LogP contribution in [0.5, 0.6) is 0 Å². The van der Waals surface area contributed by atoms with Crippen LogP contribution in [0.3, 0.4) is 0 Å². The number of aromatic nitrogens is 3. The van der Waals surface area contributed by atoms with Crippen molar-refractivity contribution in [3.8, 4) is 11.4 Å². The van der Waals surface area contributed by atoms with Crippen LogP contribution in [0.2, 0.25) is 10.0 Å². The summed E-state index contributed by atoms with van der Waals surface area (Å²) in [5, 5.41) is 10.9. The molecule has 0 saturated carbocycles. The maximum absolute atomic E-state index is 12.3. The maximum atomic E-state index is 12.3. The van der Waals surface area contributed by atoms with Crippen molar-refractivity contribution in [3.63, 3.8) is 0 Å². The van der Waals surface area contributed by atoms with E-state index in [0.29, 0.717) is 27.5 Å². The lowest BCUT2D eigenvalue weighted by molar-refractivity contribution is -0.123. The third-order valence-electron chi connectivity index (χ3n) is 4.07. The molecule has 0 spiro atoms. The fourth-order valence-electron chi connectivity index (χ4n) is 2.75. The normalized spacial score (nSPS) is 15.3. The van der Waals surface area contributed by atoms with E-state index < -0.39 is 6.04 Å². The van der Waals surface area contributed by atoms with Crippen molar-refractivity contribution in [2.75, 3.05) is 10.6 Å². The number of hydrogen-bond acceptors (Lipinski definition) is 4. The standard InChI is InChI=1S/C18H13Cl2N5O2/c19-11-3-1-10(2-4-11)16-22-18-23-17(27)14(25(18)24-16)9-15(26)21-13-7-5-12(20)6-8-13/h1-8,14H,9H2,(H,21,26)(H,22,23,24,27)/t14-/m0/s1. The lowest BCUT2D eigenvalue weighted by Crippen LogP contribution is -2.23. The van der Waals surface area contributed by atoms with Crippen LogP contribution in [0.15, 0.2) is 48.5 Å². The van der Waals surface area contributed by atoms with Crippen molar-refractivity contribution in [2.45, 2.75) is 12.5 Å². The Morgan fingerprint density at radius 2 is 1.70 bits per heavy atom. The summed E-state index contributed by atoms with van der Waals surface area (Å²) in [6.45, 7) is 0. The van der Waals surface area contributed by atoms with E-state index in [9.17, 15) is 9.59 Å². The van der Waals surface area contributed by atoms with E-state index in [1.165, 1.54) is 4.68 Å². The third-order valence-corrected chi connectivity index (χ3v) is 4.58. The fraction of sp³-hybridized carbons (Fsp3) is 0.111. The number of nitrogens with zero attached hydrogens (tertiary/aromatic N) is 3. The van der Waals surface area contributed by atoms with E-state index >= 15 is 0 Å². The Balaban J connectivity index is 1.51. The van der Waals surface area contributed by atoms with Gasteiger partial charge in [-0.05, 0) is 48.5 Å². The lowest BCUT2D eigenvalue weighted by Gasteiger charge is -2.10. The Bertz CT molecular complexity index is 1020. The number of hydrogen-bond donors (Lipinski definition) is 2. The Kier molecular flexibility index (Phi) is 4.55. The van der Waals surface area contributed by atoms with Crippen molar-refractivity contribution in [3.05, 3.63) is 58.6 Å². The van der Waals surface area contributed by atoms with Crippen LogP contribution in [0.25, 0.3) is 11.4 Å². The van der Waals surface area contributed by atoms with Gasteiger partial charge in [0.2, 0.25) is 11.9 Å². The summed E-state index contributed by atoms with van der Waals surface area (Å²) in [4.78, 5) is 28.8. The van der Waals surface area contributed by atoms with Gasteiger partial charge in [-0.25, -0.2) is 4.68 Å². The molecular formula is C18H13Cl2N5O2. The predicted molar refractivity (Wildman–Crippen MR) is 103 cm³/mol. The molecule has 3 aromatic rings. The number of nitrogens with one attached hydrogen (secondary N) is 2. The highest BCUT2D eigenvalue weighted by Crippen LogP contribution is 2.29. The molecule has 1 atom stereocenters. The number of benzene rings is 2. The number of carbonyl (C=O) groups is 2. The highest BCUT2D eigenvalue weighted by atomic mass is 35.5. The molecule has 136 valence electrons. The van der Waals surface area contributed by atoms with Crippen molar-refractivity contribution in [1.82, 2.24) is 14.8 Å². The third kappa shape index (κ3) is 3.65. The second kappa shape index (κ2) is 7.02. The first-order chi connectivity index (χ1) is 13.0. The minimum atomic E-state index is -0.763. The van der Waals surface area contributed by atoms with E-state index in [1.807, 2.05) is 0 Å². The van der Waals surface area contributed by atoms with Crippen LogP contribution < -0.4 is 10.6 Å². The zero-order valence-corrected chi connectivity index (χ0v) is 15.3. The Morgan fingerprint density at radius 1 is 1.07 bits per heavy atom. The van der Waals surface area contributed by atoms with E-state index in [2.05, 4.69) is 20.7 Å². The molecule has 9 heteroatoms. The highest BCUT2D eigenvalue weighted by molar-refractivity contribution is 6.30. The first-order valence-electron chi connectivity index (χ1n) is 8.08.